The van der Waals surface area contributed by atoms with E-state index in [1.807, 2.05) is 50.2 Å². The van der Waals surface area contributed by atoms with Crippen molar-refractivity contribution in [3.8, 4) is 5.75 Å². The molecule has 0 saturated heterocycles. The number of ether oxygens (including phenoxy) is 1. The monoisotopic (exact) mass is 562 g/mol. The van der Waals surface area contributed by atoms with Crippen molar-refractivity contribution in [2.75, 3.05) is 39.3 Å². The van der Waals surface area contributed by atoms with Gasteiger partial charge in [-0.3, -0.25) is 9.59 Å². The van der Waals surface area contributed by atoms with E-state index in [2.05, 4.69) is 25.7 Å². The predicted molar refractivity (Wildman–Crippen MR) is 168 cm³/mol. The first kappa shape index (κ1) is 32.4. The maximum atomic E-state index is 13.9. The van der Waals surface area contributed by atoms with E-state index >= 15 is 0 Å². The molecule has 6 heteroatoms. The molecule has 2 aromatic carbocycles. The zero-order valence-corrected chi connectivity index (χ0v) is 26.0. The number of ketones is 1. The molecule has 0 saturated carbocycles. The van der Waals surface area contributed by atoms with Gasteiger partial charge in [0, 0.05) is 42.6 Å². The summed E-state index contributed by atoms with van der Waals surface area (Å²) < 4.78 is 12.2. The van der Waals surface area contributed by atoms with Crippen molar-refractivity contribution in [3.05, 3.63) is 64.9 Å². The first-order valence-corrected chi connectivity index (χ1v) is 15.8. The summed E-state index contributed by atoms with van der Waals surface area (Å²) >= 11 is 0. The van der Waals surface area contributed by atoms with Crippen LogP contribution in [0.4, 0.5) is 0 Å². The molecular formula is C35H50N2O4. The van der Waals surface area contributed by atoms with Crippen molar-refractivity contribution in [2.45, 2.75) is 86.0 Å². The van der Waals surface area contributed by atoms with Gasteiger partial charge in [-0.1, -0.05) is 40.0 Å². The van der Waals surface area contributed by atoms with Crippen molar-refractivity contribution >= 4 is 22.7 Å². The molecule has 0 atom stereocenters. The van der Waals surface area contributed by atoms with E-state index < -0.39 is 0 Å². The minimum atomic E-state index is -0.0867. The Morgan fingerprint density at radius 1 is 0.756 bits per heavy atom. The van der Waals surface area contributed by atoms with Crippen molar-refractivity contribution in [1.29, 1.82) is 0 Å². The second-order valence-corrected chi connectivity index (χ2v) is 10.8. The van der Waals surface area contributed by atoms with Crippen molar-refractivity contribution in [1.82, 2.24) is 9.80 Å². The zero-order chi connectivity index (χ0) is 29.6. The third kappa shape index (κ3) is 8.93. The van der Waals surface area contributed by atoms with Gasteiger partial charge in [0.2, 0.25) is 0 Å². The summed E-state index contributed by atoms with van der Waals surface area (Å²) in [5.41, 5.74) is 2.37. The van der Waals surface area contributed by atoms with E-state index in [1.165, 1.54) is 25.7 Å². The fraction of sp³-hybridized carbons (Fsp3) is 0.543. The van der Waals surface area contributed by atoms with Crippen molar-refractivity contribution in [3.63, 3.8) is 0 Å². The van der Waals surface area contributed by atoms with E-state index in [0.29, 0.717) is 59.5 Å². The molecular weight excluding hydrogens is 512 g/mol. The Hall–Kier alpha value is -3.12. The molecule has 1 heterocycles. The van der Waals surface area contributed by atoms with Gasteiger partial charge in [-0.15, -0.1) is 0 Å². The summed E-state index contributed by atoms with van der Waals surface area (Å²) in [5, 5.41) is 0.704. The van der Waals surface area contributed by atoms with E-state index in [0.717, 1.165) is 44.6 Å². The van der Waals surface area contributed by atoms with Crippen molar-refractivity contribution in [2.24, 2.45) is 0 Å². The Morgan fingerprint density at radius 2 is 1.37 bits per heavy atom. The van der Waals surface area contributed by atoms with Gasteiger partial charge in [0.1, 0.15) is 17.1 Å². The van der Waals surface area contributed by atoms with E-state index in [-0.39, 0.29) is 11.7 Å². The lowest BCUT2D eigenvalue weighted by atomic mass is 9.97. The van der Waals surface area contributed by atoms with Crippen LogP contribution in [0, 0.1) is 0 Å². The number of nitrogens with zero attached hydrogens (tertiary/aromatic N) is 2. The van der Waals surface area contributed by atoms with Gasteiger partial charge in [0.25, 0.3) is 5.91 Å². The molecule has 0 bridgehead atoms. The van der Waals surface area contributed by atoms with Crippen LogP contribution in [0.1, 0.15) is 112 Å². The molecule has 0 N–H and O–H groups in total. The first-order valence-electron chi connectivity index (χ1n) is 15.8. The predicted octanol–water partition coefficient (Wildman–Crippen LogP) is 8.16. The molecule has 224 valence electrons. The maximum Gasteiger partial charge on any atom is 0.253 e. The number of fused-ring (bicyclic) bond motifs is 1. The molecule has 0 aliphatic rings. The van der Waals surface area contributed by atoms with Gasteiger partial charge < -0.3 is 19.0 Å². The average molecular weight is 563 g/mol. The van der Waals surface area contributed by atoms with Gasteiger partial charge in [-0.25, -0.2) is 0 Å². The molecule has 6 nitrogen and oxygen atoms in total. The maximum absolute atomic E-state index is 13.9. The third-order valence-corrected chi connectivity index (χ3v) is 7.70. The van der Waals surface area contributed by atoms with E-state index in [1.54, 1.807) is 11.0 Å². The van der Waals surface area contributed by atoms with Gasteiger partial charge >= 0.3 is 0 Å². The van der Waals surface area contributed by atoms with E-state index in [4.69, 9.17) is 9.15 Å². The number of carbonyl (C=O) groups is 2. The Balaban J connectivity index is 1.75. The lowest BCUT2D eigenvalue weighted by Gasteiger charge is -2.21. The topological polar surface area (TPSA) is 63.0 Å². The molecule has 3 aromatic rings. The SMILES string of the molecule is CCCCc1oc2ccc(C(=O)N(CC)CC)cc2c1C(=O)c1ccc(OCCCN(CCCC)CCCC)cc1. The molecule has 0 fully saturated rings. The quantitative estimate of drug-likeness (QED) is 0.109. The van der Waals surface area contributed by atoms with Crippen LogP contribution < -0.4 is 4.74 Å². The molecule has 1 amide bonds. The van der Waals surface area contributed by atoms with Gasteiger partial charge in [0.05, 0.1) is 12.2 Å². The Labute approximate surface area is 247 Å². The van der Waals surface area contributed by atoms with Crippen LogP contribution in [0.15, 0.2) is 46.9 Å². The number of rotatable bonds is 19. The van der Waals surface area contributed by atoms with Crippen LogP contribution in [0.25, 0.3) is 11.0 Å². The fourth-order valence-electron chi connectivity index (χ4n) is 5.16. The van der Waals surface area contributed by atoms with Crippen LogP contribution in [-0.4, -0.2) is 60.8 Å². The number of furan rings is 1. The highest BCUT2D eigenvalue weighted by atomic mass is 16.5. The molecule has 0 aliphatic heterocycles. The van der Waals surface area contributed by atoms with Gasteiger partial charge in [-0.05, 0) is 95.1 Å². The highest BCUT2D eigenvalue weighted by Crippen LogP contribution is 2.31. The summed E-state index contributed by atoms with van der Waals surface area (Å²) in [6, 6.07) is 12.9. The molecule has 1 aromatic heterocycles. The summed E-state index contributed by atoms with van der Waals surface area (Å²) in [6.45, 7) is 15.8. The third-order valence-electron chi connectivity index (χ3n) is 7.70. The Morgan fingerprint density at radius 3 is 1.98 bits per heavy atom. The van der Waals surface area contributed by atoms with E-state index in [9.17, 15) is 9.59 Å². The van der Waals surface area contributed by atoms with Crippen LogP contribution in [0.5, 0.6) is 5.75 Å². The lowest BCUT2D eigenvalue weighted by Crippen LogP contribution is -2.30. The minimum Gasteiger partial charge on any atom is -0.494 e. The fourth-order valence-corrected chi connectivity index (χ4v) is 5.16. The Bertz CT molecular complexity index is 1220. The molecule has 0 unspecified atom stereocenters. The number of aryl methyl sites for hydroxylation is 1. The molecule has 3 rings (SSSR count). The van der Waals surface area contributed by atoms with Crippen molar-refractivity contribution < 1.29 is 18.7 Å². The standard InChI is InChI=1S/C35H50N2O4/c1-6-11-15-32-33(30-26-28(18-21-31(30)41-32)35(39)37(9-4)10-5)34(38)27-16-19-29(20-17-27)40-25-14-24-36(22-12-7-2)23-13-8-3/h16-21,26H,6-15,22-25H2,1-5H3. The number of hydrogen-bond acceptors (Lipinski definition) is 5. The summed E-state index contributed by atoms with van der Waals surface area (Å²) in [4.78, 5) is 31.2. The molecule has 0 aliphatic carbocycles. The largest absolute Gasteiger partial charge is 0.494 e. The second-order valence-electron chi connectivity index (χ2n) is 10.8. The number of carbonyl (C=O) groups excluding carboxylic acids is 2. The lowest BCUT2D eigenvalue weighted by molar-refractivity contribution is 0.0773. The summed E-state index contributed by atoms with van der Waals surface area (Å²) in [6.07, 6.45) is 8.48. The number of hydrogen-bond donors (Lipinski definition) is 0. The highest BCUT2D eigenvalue weighted by Gasteiger charge is 2.24. The van der Waals surface area contributed by atoms with Crippen LogP contribution in [-0.2, 0) is 6.42 Å². The second kappa shape index (κ2) is 17.0. The number of unbranched alkanes of at least 4 members (excludes halogenated alkanes) is 3. The first-order chi connectivity index (χ1) is 20.0. The van der Waals surface area contributed by atoms with Crippen LogP contribution in [0.2, 0.25) is 0 Å². The highest BCUT2D eigenvalue weighted by molar-refractivity contribution is 6.17. The van der Waals surface area contributed by atoms with Crippen LogP contribution in [0.3, 0.4) is 0 Å². The minimum absolute atomic E-state index is 0.0352. The van der Waals surface area contributed by atoms with Gasteiger partial charge in [-0.2, -0.15) is 0 Å². The smallest absolute Gasteiger partial charge is 0.253 e. The van der Waals surface area contributed by atoms with Gasteiger partial charge in [0.15, 0.2) is 5.78 Å². The summed E-state index contributed by atoms with van der Waals surface area (Å²) in [5.74, 6) is 1.34. The average Bonchev–Trinajstić information content (AvgIpc) is 3.37. The Kier molecular flexibility index (Phi) is 13.4. The molecule has 0 spiro atoms. The number of amides is 1. The van der Waals surface area contributed by atoms with Crippen LogP contribution >= 0.6 is 0 Å². The normalized spacial score (nSPS) is 11.4. The summed E-state index contributed by atoms with van der Waals surface area (Å²) in [7, 11) is 0. The number of benzene rings is 2. The molecule has 41 heavy (non-hydrogen) atoms. The molecule has 0 radical (unpaired) electrons. The zero-order valence-electron chi connectivity index (χ0n) is 26.0.